The van der Waals surface area contributed by atoms with Gasteiger partial charge in [-0.2, -0.15) is 0 Å². The maximum atomic E-state index is 13.7. The molecule has 0 aliphatic heterocycles. The Balaban J connectivity index is 1.77. The van der Waals surface area contributed by atoms with E-state index in [1.54, 1.807) is 37.3 Å². The molecule has 8 heteroatoms. The first-order valence-corrected chi connectivity index (χ1v) is 8.58. The van der Waals surface area contributed by atoms with Crippen molar-refractivity contribution in [1.82, 2.24) is 14.9 Å². The van der Waals surface area contributed by atoms with Crippen molar-refractivity contribution in [3.8, 4) is 11.5 Å². The fraction of sp³-hybridized carbons (Fsp3) is 0.125. The number of benzene rings is 2. The van der Waals surface area contributed by atoms with Crippen LogP contribution in [0.1, 0.15) is 11.5 Å². The molecule has 6 nitrogen and oxygen atoms in total. The van der Waals surface area contributed by atoms with Gasteiger partial charge in [0.05, 0.1) is 17.0 Å². The van der Waals surface area contributed by atoms with Crippen LogP contribution in [0.25, 0.3) is 11.5 Å². The molecule has 0 aliphatic rings. The van der Waals surface area contributed by atoms with Crippen molar-refractivity contribution < 1.29 is 17.2 Å². The fourth-order valence-electron chi connectivity index (χ4n) is 2.16. The molecular formula is C16H14FN3O3S. The first-order chi connectivity index (χ1) is 11.5. The number of aromatic nitrogens is 2. The predicted molar refractivity (Wildman–Crippen MR) is 84.9 cm³/mol. The molecule has 124 valence electrons. The molecule has 1 aromatic heterocycles. The lowest BCUT2D eigenvalue weighted by Gasteiger charge is -2.07. The number of nitrogens with zero attached hydrogens (tertiary/aromatic N) is 2. The van der Waals surface area contributed by atoms with Crippen LogP contribution in [0.5, 0.6) is 0 Å². The molecule has 0 unspecified atom stereocenters. The highest BCUT2D eigenvalue weighted by atomic mass is 32.2. The lowest BCUT2D eigenvalue weighted by atomic mass is 10.2. The molecule has 0 saturated heterocycles. The normalized spacial score (nSPS) is 11.6. The molecule has 3 aromatic rings. The number of aryl methyl sites for hydroxylation is 1. The van der Waals surface area contributed by atoms with Gasteiger partial charge in [0.25, 0.3) is 5.89 Å². The van der Waals surface area contributed by atoms with E-state index in [9.17, 15) is 12.8 Å². The Kier molecular flexibility index (Phi) is 4.41. The van der Waals surface area contributed by atoms with E-state index in [1.807, 2.05) is 0 Å². The van der Waals surface area contributed by atoms with Gasteiger partial charge in [0, 0.05) is 0 Å². The van der Waals surface area contributed by atoms with E-state index in [0.29, 0.717) is 5.56 Å². The number of nitrogens with one attached hydrogen (secondary N) is 1. The molecule has 0 radical (unpaired) electrons. The number of rotatable bonds is 5. The van der Waals surface area contributed by atoms with Crippen molar-refractivity contribution in [2.24, 2.45) is 0 Å². The van der Waals surface area contributed by atoms with Crippen LogP contribution < -0.4 is 4.72 Å². The highest BCUT2D eigenvalue weighted by molar-refractivity contribution is 7.89. The molecule has 24 heavy (non-hydrogen) atoms. The average molecular weight is 347 g/mol. The molecule has 2 aromatic carbocycles. The second kappa shape index (κ2) is 6.50. The minimum Gasteiger partial charge on any atom is -0.419 e. The van der Waals surface area contributed by atoms with Crippen LogP contribution in [0.15, 0.2) is 57.8 Å². The quantitative estimate of drug-likeness (QED) is 0.767. The molecule has 0 saturated carbocycles. The summed E-state index contributed by atoms with van der Waals surface area (Å²) in [6, 6.07) is 12.6. The summed E-state index contributed by atoms with van der Waals surface area (Å²) in [4.78, 5) is 0.179. The summed E-state index contributed by atoms with van der Waals surface area (Å²) < 4.78 is 46.0. The lowest BCUT2D eigenvalue weighted by Crippen LogP contribution is -2.24. The van der Waals surface area contributed by atoms with Crippen molar-refractivity contribution in [3.63, 3.8) is 0 Å². The van der Waals surface area contributed by atoms with Gasteiger partial charge in [-0.3, -0.25) is 0 Å². The Hall–Kier alpha value is -2.58. The van der Waals surface area contributed by atoms with Gasteiger partial charge >= 0.3 is 0 Å². The van der Waals surface area contributed by atoms with Gasteiger partial charge in [0.15, 0.2) is 0 Å². The monoisotopic (exact) mass is 347 g/mol. The second-order valence-electron chi connectivity index (χ2n) is 5.07. The van der Waals surface area contributed by atoms with Crippen LogP contribution in [-0.4, -0.2) is 18.6 Å². The molecule has 1 N–H and O–H groups in total. The van der Waals surface area contributed by atoms with E-state index in [2.05, 4.69) is 14.9 Å². The molecule has 0 spiro atoms. The highest BCUT2D eigenvalue weighted by Gasteiger charge is 2.18. The number of halogens is 1. The minimum atomic E-state index is -3.70. The third-order valence-electron chi connectivity index (χ3n) is 3.37. The maximum absolute atomic E-state index is 13.7. The van der Waals surface area contributed by atoms with Crippen molar-refractivity contribution in [2.75, 3.05) is 0 Å². The molecule has 0 atom stereocenters. The minimum absolute atomic E-state index is 0.00168. The molecule has 3 rings (SSSR count). The molecule has 0 fully saturated rings. The molecule has 0 aliphatic carbocycles. The molecule has 1 heterocycles. The second-order valence-corrected chi connectivity index (χ2v) is 6.81. The zero-order chi connectivity index (χ0) is 17.2. The summed E-state index contributed by atoms with van der Waals surface area (Å²) in [5.74, 6) is -0.447. The van der Waals surface area contributed by atoms with Crippen LogP contribution in [0.3, 0.4) is 0 Å². The third kappa shape index (κ3) is 3.34. The van der Waals surface area contributed by atoms with Crippen LogP contribution in [0.2, 0.25) is 0 Å². The Morgan fingerprint density at radius 3 is 2.54 bits per heavy atom. The third-order valence-corrected chi connectivity index (χ3v) is 4.93. The van der Waals surface area contributed by atoms with Gasteiger partial charge in [-0.05, 0) is 30.7 Å². The van der Waals surface area contributed by atoms with Gasteiger partial charge in [-0.1, -0.05) is 30.3 Å². The Labute approximate surface area is 138 Å². The summed E-state index contributed by atoms with van der Waals surface area (Å²) in [5, 5.41) is 7.49. The van der Waals surface area contributed by atoms with Crippen LogP contribution in [0.4, 0.5) is 4.39 Å². The fourth-order valence-corrected chi connectivity index (χ4v) is 3.38. The van der Waals surface area contributed by atoms with E-state index < -0.39 is 15.8 Å². The van der Waals surface area contributed by atoms with Crippen molar-refractivity contribution in [2.45, 2.75) is 18.4 Å². The Morgan fingerprint density at radius 2 is 1.79 bits per heavy atom. The summed E-state index contributed by atoms with van der Waals surface area (Å²) in [7, 11) is -3.70. The van der Waals surface area contributed by atoms with Gasteiger partial charge in [-0.25, -0.2) is 17.5 Å². The van der Waals surface area contributed by atoms with E-state index in [0.717, 1.165) is 0 Å². The van der Waals surface area contributed by atoms with E-state index >= 15 is 0 Å². The summed E-state index contributed by atoms with van der Waals surface area (Å²) in [5.41, 5.74) is 0.792. The summed E-state index contributed by atoms with van der Waals surface area (Å²) in [6.07, 6.45) is 0. The largest absolute Gasteiger partial charge is 0.419 e. The SMILES string of the molecule is Cc1ccccc1S(=O)(=O)NCc1nnc(-c2ccccc2F)o1. The predicted octanol–water partition coefficient (Wildman–Crippen LogP) is 2.66. The first kappa shape index (κ1) is 16.3. The zero-order valence-electron chi connectivity index (χ0n) is 12.7. The van der Waals surface area contributed by atoms with Crippen molar-refractivity contribution >= 4 is 10.0 Å². The Morgan fingerprint density at radius 1 is 1.08 bits per heavy atom. The topological polar surface area (TPSA) is 85.1 Å². The summed E-state index contributed by atoms with van der Waals surface area (Å²) in [6.45, 7) is 1.52. The first-order valence-electron chi connectivity index (χ1n) is 7.10. The lowest BCUT2D eigenvalue weighted by molar-refractivity contribution is 0.490. The van der Waals surface area contributed by atoms with Crippen molar-refractivity contribution in [3.05, 3.63) is 65.8 Å². The summed E-state index contributed by atoms with van der Waals surface area (Å²) >= 11 is 0. The highest BCUT2D eigenvalue weighted by Crippen LogP contribution is 2.21. The van der Waals surface area contributed by atoms with E-state index in [4.69, 9.17) is 4.42 Å². The molecular weight excluding hydrogens is 333 g/mol. The maximum Gasteiger partial charge on any atom is 0.250 e. The van der Waals surface area contributed by atoms with Gasteiger partial charge < -0.3 is 4.42 Å². The Bertz CT molecular complexity index is 970. The van der Waals surface area contributed by atoms with E-state index in [1.165, 1.54) is 18.2 Å². The molecule has 0 amide bonds. The smallest absolute Gasteiger partial charge is 0.250 e. The van der Waals surface area contributed by atoms with Crippen LogP contribution in [-0.2, 0) is 16.6 Å². The van der Waals surface area contributed by atoms with Crippen molar-refractivity contribution in [1.29, 1.82) is 0 Å². The standard InChI is InChI=1S/C16H14FN3O3S/c1-11-6-2-5-9-14(11)24(21,22)18-10-15-19-20-16(23-15)12-7-3-4-8-13(12)17/h2-9,18H,10H2,1H3. The van der Waals surface area contributed by atoms with E-state index in [-0.39, 0.29) is 28.8 Å². The number of sulfonamides is 1. The zero-order valence-corrected chi connectivity index (χ0v) is 13.5. The van der Waals surface area contributed by atoms with Crippen LogP contribution in [0, 0.1) is 12.7 Å². The number of hydrogen-bond donors (Lipinski definition) is 1. The van der Waals surface area contributed by atoms with Gasteiger partial charge in [0.2, 0.25) is 15.9 Å². The van der Waals surface area contributed by atoms with Gasteiger partial charge in [-0.15, -0.1) is 10.2 Å². The van der Waals surface area contributed by atoms with Crippen LogP contribution >= 0.6 is 0 Å². The van der Waals surface area contributed by atoms with Gasteiger partial charge in [0.1, 0.15) is 5.82 Å². The number of hydrogen-bond acceptors (Lipinski definition) is 5. The molecule has 0 bridgehead atoms. The average Bonchev–Trinajstić information content (AvgIpc) is 3.02.